The summed E-state index contributed by atoms with van der Waals surface area (Å²) in [6.45, 7) is 0. The van der Waals surface area contributed by atoms with Crippen LogP contribution in [0.2, 0.25) is 0 Å². The smallest absolute Gasteiger partial charge is 0.207 e. The fourth-order valence-corrected chi connectivity index (χ4v) is 2.05. The van der Waals surface area contributed by atoms with Crippen molar-refractivity contribution >= 4 is 22.6 Å². The molecule has 0 saturated carbocycles. The molecule has 0 N–H and O–H groups in total. The van der Waals surface area contributed by atoms with E-state index < -0.39 is 0 Å². The minimum Gasteiger partial charge on any atom is -0.345 e. The molecule has 0 aliphatic heterocycles. The van der Waals surface area contributed by atoms with Gasteiger partial charge in [-0.05, 0) is 3.57 Å². The molecule has 0 aliphatic rings. The van der Waals surface area contributed by atoms with Crippen molar-refractivity contribution in [3.8, 4) is 17.3 Å². The molecule has 0 unspecified atom stereocenters. The third kappa shape index (κ3) is 3.08. The maximum Gasteiger partial charge on any atom is 0.207 e. The molecule has 2 aromatic rings. The Morgan fingerprint density at radius 3 is 2.50 bits per heavy atom. The van der Waals surface area contributed by atoms with Crippen LogP contribution >= 0.6 is 22.6 Å². The monoisotopic (exact) mass is 424 g/mol. The van der Waals surface area contributed by atoms with Crippen molar-refractivity contribution in [2.24, 2.45) is 7.05 Å². The van der Waals surface area contributed by atoms with E-state index in [0.29, 0.717) is 9.13 Å². The summed E-state index contributed by atoms with van der Waals surface area (Å²) in [5, 5.41) is 8.72. The van der Waals surface area contributed by atoms with Gasteiger partial charge in [-0.1, -0.05) is 23.4 Å². The maximum atomic E-state index is 11.8. The van der Waals surface area contributed by atoms with Crippen LogP contribution in [0.15, 0.2) is 35.1 Å². The first-order valence-electron chi connectivity index (χ1n) is 4.91. The van der Waals surface area contributed by atoms with Crippen LogP contribution in [0, 0.1) is 21.0 Å². The van der Waals surface area contributed by atoms with E-state index in [2.05, 4.69) is 12.1 Å². The first-order chi connectivity index (χ1) is 8.13. The Hall–Kier alpha value is -0.506. The number of nitriles is 1. The molecule has 0 spiro atoms. The average Bonchev–Trinajstić information content (AvgIpc) is 2.36. The zero-order valence-corrected chi connectivity index (χ0v) is 14.6. The van der Waals surface area contributed by atoms with E-state index in [0.717, 1.165) is 11.3 Å². The number of aromatic nitrogens is 1. The second kappa shape index (κ2) is 6.60. The van der Waals surface area contributed by atoms with Crippen LogP contribution < -0.4 is 5.56 Å². The molecular weight excluding hydrogens is 416 g/mol. The van der Waals surface area contributed by atoms with Crippen molar-refractivity contribution in [2.45, 2.75) is 0 Å². The summed E-state index contributed by atoms with van der Waals surface area (Å²) in [6, 6.07) is 13.9. The number of rotatable bonds is 1. The third-order valence-corrected chi connectivity index (χ3v) is 3.24. The van der Waals surface area contributed by atoms with Crippen molar-refractivity contribution in [3.05, 3.63) is 55.9 Å². The standard InChI is InChI=1S/C13H8IN2O.Y/c1-16-12(7-6-11(14)13(16)17)10-4-2-9(8-15)3-5-10;/h2-6H,1H3;/q-1;. The van der Waals surface area contributed by atoms with Gasteiger partial charge in [-0.3, -0.25) is 4.79 Å². The first kappa shape index (κ1) is 15.6. The minimum atomic E-state index is -0.0382. The number of nitrogens with zero attached hydrogens (tertiary/aromatic N) is 2. The molecule has 0 fully saturated rings. The normalized spacial score (nSPS) is 9.39. The van der Waals surface area contributed by atoms with Crippen LogP contribution in [0.25, 0.3) is 11.3 Å². The molecule has 0 bridgehead atoms. The second-order valence-electron chi connectivity index (χ2n) is 3.54. The largest absolute Gasteiger partial charge is 0.345 e. The minimum absolute atomic E-state index is 0. The molecule has 1 radical (unpaired) electrons. The van der Waals surface area contributed by atoms with Gasteiger partial charge in [0.1, 0.15) is 0 Å². The van der Waals surface area contributed by atoms with E-state index in [4.69, 9.17) is 5.26 Å². The molecule has 18 heavy (non-hydrogen) atoms. The number of pyridine rings is 1. The Bertz CT molecular complexity index is 656. The predicted octanol–water partition coefficient (Wildman–Crippen LogP) is 2.33. The van der Waals surface area contributed by atoms with Crippen molar-refractivity contribution < 1.29 is 32.7 Å². The molecule has 3 nitrogen and oxygen atoms in total. The zero-order chi connectivity index (χ0) is 12.4. The topological polar surface area (TPSA) is 45.8 Å². The van der Waals surface area contributed by atoms with Gasteiger partial charge in [-0.2, -0.15) is 17.4 Å². The number of halogens is 1. The number of hydrogen-bond acceptors (Lipinski definition) is 2. The van der Waals surface area contributed by atoms with Crippen molar-refractivity contribution in [3.63, 3.8) is 0 Å². The van der Waals surface area contributed by atoms with Gasteiger partial charge in [0.05, 0.1) is 6.07 Å². The third-order valence-electron chi connectivity index (χ3n) is 2.47. The summed E-state index contributed by atoms with van der Waals surface area (Å²) in [7, 11) is 1.72. The van der Waals surface area contributed by atoms with Crippen molar-refractivity contribution in [2.75, 3.05) is 0 Å². The molecule has 1 aromatic heterocycles. The Balaban J connectivity index is 0.00000162. The summed E-state index contributed by atoms with van der Waals surface area (Å²) in [6.07, 6.45) is 0. The number of hydrogen-bond donors (Lipinski definition) is 0. The van der Waals surface area contributed by atoms with Crippen LogP contribution in [-0.2, 0) is 39.8 Å². The molecule has 87 valence electrons. The molecule has 2 rings (SSSR count). The van der Waals surface area contributed by atoms with E-state index in [-0.39, 0.29) is 38.3 Å². The quantitative estimate of drug-likeness (QED) is 0.522. The Kier molecular flexibility index (Phi) is 5.70. The molecule has 0 aliphatic carbocycles. The Morgan fingerprint density at radius 1 is 1.33 bits per heavy atom. The van der Waals surface area contributed by atoms with Gasteiger partial charge in [0.15, 0.2) is 0 Å². The number of benzene rings is 1. The van der Waals surface area contributed by atoms with Crippen LogP contribution in [0.4, 0.5) is 0 Å². The van der Waals surface area contributed by atoms with Gasteiger partial charge < -0.3 is 4.57 Å². The van der Waals surface area contributed by atoms with E-state index in [1.807, 2.05) is 34.7 Å². The fraction of sp³-hybridized carbons (Fsp3) is 0.0769. The zero-order valence-electron chi connectivity index (χ0n) is 9.64. The van der Waals surface area contributed by atoms with Gasteiger partial charge in [-0.25, -0.2) is 0 Å². The summed E-state index contributed by atoms with van der Waals surface area (Å²) < 4.78 is 2.20. The molecule has 0 saturated heterocycles. The van der Waals surface area contributed by atoms with Crippen LogP contribution in [0.1, 0.15) is 5.56 Å². The predicted molar refractivity (Wildman–Crippen MR) is 73.4 cm³/mol. The van der Waals surface area contributed by atoms with E-state index in [9.17, 15) is 4.79 Å². The van der Waals surface area contributed by atoms with E-state index in [1.54, 1.807) is 29.8 Å². The molecule has 0 atom stereocenters. The van der Waals surface area contributed by atoms with Crippen LogP contribution in [0.5, 0.6) is 0 Å². The van der Waals surface area contributed by atoms with Gasteiger partial charge in [0.25, 0.3) is 0 Å². The summed E-state index contributed by atoms with van der Waals surface area (Å²) >= 11 is 1.99. The van der Waals surface area contributed by atoms with E-state index in [1.165, 1.54) is 0 Å². The Morgan fingerprint density at radius 2 is 1.94 bits per heavy atom. The second-order valence-corrected chi connectivity index (χ2v) is 4.70. The molecule has 1 heterocycles. The van der Waals surface area contributed by atoms with Gasteiger partial charge in [0, 0.05) is 45.3 Å². The molecular formula is C13H8IN2OY-. The van der Waals surface area contributed by atoms with E-state index >= 15 is 0 Å². The van der Waals surface area contributed by atoms with Crippen LogP contribution in [-0.4, -0.2) is 4.57 Å². The van der Waals surface area contributed by atoms with Gasteiger partial charge in [0.2, 0.25) is 5.56 Å². The van der Waals surface area contributed by atoms with Gasteiger partial charge in [-0.15, -0.1) is 34.7 Å². The maximum absolute atomic E-state index is 11.8. The molecule has 0 amide bonds. The average molecular weight is 424 g/mol. The molecule has 1 aromatic carbocycles. The molecule has 5 heteroatoms. The summed E-state index contributed by atoms with van der Waals surface area (Å²) in [4.78, 5) is 11.8. The summed E-state index contributed by atoms with van der Waals surface area (Å²) in [5.74, 6) is 0. The van der Waals surface area contributed by atoms with Crippen molar-refractivity contribution in [1.29, 1.82) is 5.26 Å². The van der Waals surface area contributed by atoms with Gasteiger partial charge >= 0.3 is 0 Å². The van der Waals surface area contributed by atoms with Crippen molar-refractivity contribution in [1.82, 2.24) is 4.57 Å². The van der Waals surface area contributed by atoms with Crippen LogP contribution in [0.3, 0.4) is 0 Å². The fourth-order valence-electron chi connectivity index (χ4n) is 1.53. The summed E-state index contributed by atoms with van der Waals surface area (Å²) in [5.41, 5.74) is 2.16. The SMILES string of the molecule is Cn1c(-c2ccc(C#N)cc2)[c-]cc(I)c1=O.[Y]. The Labute approximate surface area is 144 Å². The first-order valence-corrected chi connectivity index (χ1v) is 5.99.